The van der Waals surface area contributed by atoms with Gasteiger partial charge in [-0.3, -0.25) is 0 Å². The smallest absolute Gasteiger partial charge is 0.387 e. The molecule has 0 radical (unpaired) electrons. The van der Waals surface area contributed by atoms with Gasteiger partial charge in [0.05, 0.1) is 0 Å². The van der Waals surface area contributed by atoms with Gasteiger partial charge in [-0.2, -0.15) is 8.78 Å². The number of hydrogen-bond donors (Lipinski definition) is 1. The van der Waals surface area contributed by atoms with E-state index in [9.17, 15) is 8.78 Å². The molecule has 3 N–H and O–H groups in total. The highest BCUT2D eigenvalue weighted by atomic mass is 19.3. The zero-order valence-corrected chi connectivity index (χ0v) is 6.76. The molecule has 0 aliphatic rings. The van der Waals surface area contributed by atoms with Gasteiger partial charge in [-0.1, -0.05) is 17.7 Å². The number of hydrogen-bond acceptors (Lipinski definition) is 2. The van der Waals surface area contributed by atoms with Gasteiger partial charge in [-0.05, 0) is 19.1 Å². The van der Waals surface area contributed by atoms with Gasteiger partial charge in [0.2, 0.25) is 0 Å². The summed E-state index contributed by atoms with van der Waals surface area (Å²) in [6, 6.07) is 6.47. The Morgan fingerprint density at radius 2 is 1.67 bits per heavy atom. The molecule has 1 aromatic rings. The predicted molar refractivity (Wildman–Crippen MR) is 42.8 cm³/mol. The molecule has 0 aliphatic heterocycles. The summed E-state index contributed by atoms with van der Waals surface area (Å²) in [7, 11) is 0. The van der Waals surface area contributed by atoms with Crippen molar-refractivity contribution in [1.82, 2.24) is 6.15 Å². The van der Waals surface area contributed by atoms with Crippen molar-refractivity contribution >= 4 is 0 Å². The van der Waals surface area contributed by atoms with Crippen molar-refractivity contribution in [1.29, 1.82) is 0 Å². The Hall–Kier alpha value is -1.16. The van der Waals surface area contributed by atoms with E-state index >= 15 is 0 Å². The zero-order chi connectivity index (χ0) is 8.27. The summed E-state index contributed by atoms with van der Waals surface area (Å²) in [6.45, 7) is -0.857. The first-order chi connectivity index (χ1) is 5.18. The van der Waals surface area contributed by atoms with E-state index < -0.39 is 6.61 Å². The lowest BCUT2D eigenvalue weighted by molar-refractivity contribution is -0.0498. The van der Waals surface area contributed by atoms with E-state index in [4.69, 9.17) is 0 Å². The molecule has 0 bridgehead atoms. The number of ether oxygens (including phenoxy) is 1. The highest BCUT2D eigenvalue weighted by molar-refractivity contribution is 5.26. The molecule has 0 spiro atoms. The maximum absolute atomic E-state index is 11.6. The average molecular weight is 175 g/mol. The second-order valence-electron chi connectivity index (χ2n) is 2.19. The fraction of sp³-hybridized carbons (Fsp3) is 0.250. The number of benzene rings is 1. The predicted octanol–water partition coefficient (Wildman–Crippen LogP) is 2.76. The van der Waals surface area contributed by atoms with Gasteiger partial charge in [0, 0.05) is 0 Å². The number of aryl methyl sites for hydroxylation is 1. The first-order valence-electron chi connectivity index (χ1n) is 3.20. The number of halogens is 2. The van der Waals surface area contributed by atoms with Crippen molar-refractivity contribution < 1.29 is 13.5 Å². The van der Waals surface area contributed by atoms with Crippen molar-refractivity contribution in [2.45, 2.75) is 13.5 Å². The van der Waals surface area contributed by atoms with E-state index in [-0.39, 0.29) is 11.9 Å². The van der Waals surface area contributed by atoms with Crippen LogP contribution in [0.1, 0.15) is 5.56 Å². The van der Waals surface area contributed by atoms with E-state index in [1.54, 1.807) is 12.1 Å². The number of rotatable bonds is 2. The molecule has 1 aromatic carbocycles. The Labute approximate surface area is 69.7 Å². The Balaban J connectivity index is 0.00000121. The summed E-state index contributed by atoms with van der Waals surface area (Å²) in [6.07, 6.45) is 0. The van der Waals surface area contributed by atoms with E-state index in [1.165, 1.54) is 12.1 Å². The van der Waals surface area contributed by atoms with Crippen LogP contribution in [0, 0.1) is 6.92 Å². The first-order valence-corrected chi connectivity index (χ1v) is 3.20. The number of alkyl halides is 2. The van der Waals surface area contributed by atoms with Crippen LogP contribution >= 0.6 is 0 Å². The average Bonchev–Trinajstić information content (AvgIpc) is 1.93. The lowest BCUT2D eigenvalue weighted by atomic mass is 10.2. The minimum atomic E-state index is -2.74. The monoisotopic (exact) mass is 175 g/mol. The van der Waals surface area contributed by atoms with Crippen LogP contribution in [-0.4, -0.2) is 6.61 Å². The van der Waals surface area contributed by atoms with Crippen molar-refractivity contribution in [3.05, 3.63) is 29.8 Å². The van der Waals surface area contributed by atoms with Gasteiger partial charge in [0.1, 0.15) is 5.75 Å². The van der Waals surface area contributed by atoms with Crippen LogP contribution < -0.4 is 10.9 Å². The van der Waals surface area contributed by atoms with Crippen LogP contribution in [-0.2, 0) is 0 Å². The highest BCUT2D eigenvalue weighted by Gasteiger charge is 2.01. The maximum atomic E-state index is 11.6. The van der Waals surface area contributed by atoms with E-state index in [1.807, 2.05) is 6.92 Å². The second kappa shape index (κ2) is 4.66. The molecular weight excluding hydrogens is 164 g/mol. The van der Waals surface area contributed by atoms with Crippen LogP contribution in [0.4, 0.5) is 8.78 Å². The van der Waals surface area contributed by atoms with Gasteiger partial charge in [-0.25, -0.2) is 0 Å². The molecule has 0 fully saturated rings. The fourth-order valence-corrected chi connectivity index (χ4v) is 0.720. The van der Waals surface area contributed by atoms with E-state index in [0.29, 0.717) is 0 Å². The lowest BCUT2D eigenvalue weighted by Crippen LogP contribution is -2.01. The molecule has 0 unspecified atom stereocenters. The third kappa shape index (κ3) is 3.30. The third-order valence-electron chi connectivity index (χ3n) is 1.25. The van der Waals surface area contributed by atoms with Crippen LogP contribution in [0.3, 0.4) is 0 Å². The van der Waals surface area contributed by atoms with Crippen molar-refractivity contribution in [3.8, 4) is 5.75 Å². The molecule has 0 heterocycles. The van der Waals surface area contributed by atoms with Crippen molar-refractivity contribution in [2.24, 2.45) is 0 Å². The van der Waals surface area contributed by atoms with E-state index in [2.05, 4.69) is 4.74 Å². The topological polar surface area (TPSA) is 44.2 Å². The minimum absolute atomic E-state index is 0. The molecule has 2 nitrogen and oxygen atoms in total. The van der Waals surface area contributed by atoms with Crippen LogP contribution in [0.25, 0.3) is 0 Å². The Morgan fingerprint density at radius 1 is 1.17 bits per heavy atom. The van der Waals surface area contributed by atoms with Crippen molar-refractivity contribution in [3.63, 3.8) is 0 Å². The van der Waals surface area contributed by atoms with Gasteiger partial charge in [0.15, 0.2) is 0 Å². The molecule has 0 saturated carbocycles. The Kier molecular flexibility index (Phi) is 4.21. The summed E-state index contributed by atoms with van der Waals surface area (Å²) < 4.78 is 27.3. The van der Waals surface area contributed by atoms with Crippen LogP contribution in [0.2, 0.25) is 0 Å². The summed E-state index contributed by atoms with van der Waals surface area (Å²) in [5.74, 6) is 0.200. The standard InChI is InChI=1S/C8H8F2O.H3N/c1-6-2-4-7(5-3-6)11-8(9)10;/h2-5,8H,1H3;1H3. The fourth-order valence-electron chi connectivity index (χ4n) is 0.720. The summed E-state index contributed by atoms with van der Waals surface area (Å²) >= 11 is 0. The molecule has 0 atom stereocenters. The quantitative estimate of drug-likeness (QED) is 0.751. The summed E-state index contributed by atoms with van der Waals surface area (Å²) in [4.78, 5) is 0. The molecule has 0 amide bonds. The van der Waals surface area contributed by atoms with Crippen LogP contribution in [0.15, 0.2) is 24.3 Å². The summed E-state index contributed by atoms with van der Waals surface area (Å²) in [5.41, 5.74) is 1.02. The summed E-state index contributed by atoms with van der Waals surface area (Å²) in [5, 5.41) is 0. The Morgan fingerprint density at radius 3 is 2.08 bits per heavy atom. The first kappa shape index (κ1) is 10.8. The van der Waals surface area contributed by atoms with Crippen LogP contribution in [0.5, 0.6) is 5.75 Å². The molecule has 0 saturated heterocycles. The molecule has 0 aliphatic carbocycles. The largest absolute Gasteiger partial charge is 0.435 e. The Bertz CT molecular complexity index is 223. The van der Waals surface area contributed by atoms with Gasteiger partial charge in [-0.15, -0.1) is 0 Å². The molecule has 68 valence electrons. The SMILES string of the molecule is Cc1ccc(OC(F)F)cc1.N. The normalized spacial score (nSPS) is 9.33. The zero-order valence-electron chi connectivity index (χ0n) is 6.76. The molecule has 4 heteroatoms. The van der Waals surface area contributed by atoms with Crippen molar-refractivity contribution in [2.75, 3.05) is 0 Å². The molecule has 0 aromatic heterocycles. The third-order valence-corrected chi connectivity index (χ3v) is 1.25. The lowest BCUT2D eigenvalue weighted by Gasteiger charge is -2.02. The molecule has 12 heavy (non-hydrogen) atoms. The minimum Gasteiger partial charge on any atom is -0.435 e. The van der Waals surface area contributed by atoms with Gasteiger partial charge in [0.25, 0.3) is 0 Å². The van der Waals surface area contributed by atoms with Gasteiger partial charge >= 0.3 is 6.61 Å². The highest BCUT2D eigenvalue weighted by Crippen LogP contribution is 2.13. The van der Waals surface area contributed by atoms with Gasteiger partial charge < -0.3 is 10.9 Å². The molecular formula is C8H11F2NO. The van der Waals surface area contributed by atoms with E-state index in [0.717, 1.165) is 5.56 Å². The second-order valence-corrected chi connectivity index (χ2v) is 2.19. The molecule has 1 rings (SSSR count). The maximum Gasteiger partial charge on any atom is 0.387 e.